The molecule has 2 nitrogen and oxygen atoms in total. The van der Waals surface area contributed by atoms with Gasteiger partial charge in [-0.15, -0.1) is 24.8 Å². The van der Waals surface area contributed by atoms with E-state index in [1.807, 2.05) is 5.54 Å². The fourth-order valence-electron chi connectivity index (χ4n) is 10.9. The van der Waals surface area contributed by atoms with Crippen molar-refractivity contribution in [2.24, 2.45) is 0 Å². The predicted molar refractivity (Wildman–Crippen MR) is 232 cm³/mol. The zero-order valence-corrected chi connectivity index (χ0v) is 36.5. The van der Waals surface area contributed by atoms with Crippen molar-refractivity contribution in [3.05, 3.63) is 106 Å². The second-order valence-electron chi connectivity index (χ2n) is 16.1. The van der Waals surface area contributed by atoms with Crippen LogP contribution in [0.3, 0.4) is 0 Å². The van der Waals surface area contributed by atoms with Gasteiger partial charge in [0, 0.05) is 18.8 Å². The summed E-state index contributed by atoms with van der Waals surface area (Å²) in [6.07, 6.45) is 24.8. The van der Waals surface area contributed by atoms with Gasteiger partial charge in [0.1, 0.15) is 0 Å². The van der Waals surface area contributed by atoms with Crippen molar-refractivity contribution in [2.75, 3.05) is 25.0 Å². The summed E-state index contributed by atoms with van der Waals surface area (Å²) in [6, 6.07) is 24.0. The Morgan fingerprint density at radius 1 is 0.596 bits per heavy atom. The van der Waals surface area contributed by atoms with E-state index in [0.717, 1.165) is 17.0 Å². The van der Waals surface area contributed by atoms with E-state index >= 15 is 0 Å². The molecule has 0 aromatic heterocycles. The number of nitrogens with zero attached hydrogens (tertiary/aromatic N) is 2. The average molecular weight is 847 g/mol. The first-order chi connectivity index (χ1) is 24.4. The van der Waals surface area contributed by atoms with E-state index < -0.39 is 6.89 Å². The van der Waals surface area contributed by atoms with Crippen LogP contribution in [-0.4, -0.2) is 51.7 Å². The van der Waals surface area contributed by atoms with Gasteiger partial charge in [-0.1, -0.05) is 82.4 Å². The summed E-state index contributed by atoms with van der Waals surface area (Å²) in [5.41, 5.74) is 16.1. The molecule has 0 unspecified atom stereocenters. The van der Waals surface area contributed by atoms with Crippen molar-refractivity contribution in [3.63, 3.8) is 0 Å². The maximum absolute atomic E-state index is 2.93. The Morgan fingerprint density at radius 2 is 1.06 bits per heavy atom. The molecule has 0 spiro atoms. The number of likely N-dealkylation sites (N-methyl/N-ethyl adjacent to an activating group) is 1. The van der Waals surface area contributed by atoms with E-state index in [-0.39, 0.29) is 24.8 Å². The summed E-state index contributed by atoms with van der Waals surface area (Å²) in [6.45, 7) is 8.12. The van der Waals surface area contributed by atoms with Gasteiger partial charge in [-0.05, 0) is 94.4 Å². The Labute approximate surface area is 338 Å². The van der Waals surface area contributed by atoms with Crippen molar-refractivity contribution in [1.29, 1.82) is 0 Å². The first-order valence-electron chi connectivity index (χ1n) is 20.1. The molecule has 1 saturated heterocycles. The first kappa shape index (κ1) is 41.7. The summed E-state index contributed by atoms with van der Waals surface area (Å²) in [5.74, 6) is 0. The van der Waals surface area contributed by atoms with E-state index in [0.29, 0.717) is 0 Å². The van der Waals surface area contributed by atoms with Gasteiger partial charge in [-0.3, -0.25) is 4.90 Å². The van der Waals surface area contributed by atoms with E-state index in [1.165, 1.54) is 152 Å². The Balaban J connectivity index is 0.000000244. The fourth-order valence-corrected chi connectivity index (χ4v) is 19.3. The Hall–Kier alpha value is -1.47. The number of hydrogen-bond donors (Lipinski definition) is 0. The third kappa shape index (κ3) is 8.36. The number of hydrogen-bond acceptors (Lipinski definition) is 0. The number of fused-ring (bicyclic) bond motifs is 1. The second kappa shape index (κ2) is 18.9. The standard InChI is InChI=1S/C31H51N2P.C15H10.2ClH.Ru/c1-24-22-25(2)30(26(3)23-24)33-21-20-32(4)31(33)34(27-14-8-5-9-15-27,28-16-10-6-11-17-28)29-18-12-7-13-19-29;1-2-6-12(7-3-1)15-11-10-13-8-4-5-9-14(13)15;;;/h22-23,27-29H,5-21H2,1-4H3;1-9,11H;2*1H;. The average Bonchev–Trinajstić information content (AvgIpc) is 3.70. The van der Waals surface area contributed by atoms with Crippen LogP contribution in [0.1, 0.15) is 130 Å². The molecule has 0 N–H and O–H groups in total. The zero-order valence-electron chi connectivity index (χ0n) is 32.2. The quantitative estimate of drug-likeness (QED) is 0.186. The van der Waals surface area contributed by atoms with Crippen LogP contribution >= 0.6 is 31.7 Å². The summed E-state index contributed by atoms with van der Waals surface area (Å²) in [5, 5.41) is 0. The van der Waals surface area contributed by atoms with E-state index in [4.69, 9.17) is 0 Å². The third-order valence-corrected chi connectivity index (χ3v) is 20.0. The van der Waals surface area contributed by atoms with Crippen LogP contribution in [0.5, 0.6) is 0 Å². The minimum absolute atomic E-state index is 0. The maximum atomic E-state index is 2.93. The molecule has 0 bridgehead atoms. The van der Waals surface area contributed by atoms with Crippen molar-refractivity contribution >= 4 is 52.6 Å². The van der Waals surface area contributed by atoms with Gasteiger partial charge >= 0.3 is 105 Å². The van der Waals surface area contributed by atoms with Gasteiger partial charge in [0.25, 0.3) is 0 Å². The second-order valence-corrected chi connectivity index (χ2v) is 21.3. The third-order valence-electron chi connectivity index (χ3n) is 12.9. The number of halogens is 2. The van der Waals surface area contributed by atoms with Crippen LogP contribution in [-0.2, 0) is 17.9 Å². The molecule has 284 valence electrons. The SMILES string of the molecule is Cc1cc(C)c(N2CCN(C)C2=P(C2CCCCC2)(C2CCCCC2)C2CCCCC2)c(C)c1.Cl.Cl.[Ru]=[C]1C=C(c2ccccc2)c2ccccc21. The van der Waals surface area contributed by atoms with Crippen LogP contribution in [0.4, 0.5) is 5.69 Å². The fraction of sp³-hybridized carbons (Fsp3) is 0.522. The topological polar surface area (TPSA) is 6.48 Å². The van der Waals surface area contributed by atoms with Gasteiger partial charge in [0.05, 0.1) is 5.54 Å². The molecule has 3 saturated carbocycles. The molecule has 8 rings (SSSR count). The van der Waals surface area contributed by atoms with Crippen LogP contribution in [0, 0.1) is 20.8 Å². The molecule has 3 aromatic carbocycles. The summed E-state index contributed by atoms with van der Waals surface area (Å²) >= 11 is 2.71. The van der Waals surface area contributed by atoms with E-state index in [2.05, 4.69) is 128 Å². The van der Waals surface area contributed by atoms with E-state index in [9.17, 15) is 0 Å². The van der Waals surface area contributed by atoms with Gasteiger partial charge in [0.2, 0.25) is 0 Å². The van der Waals surface area contributed by atoms with Crippen molar-refractivity contribution < 1.29 is 17.9 Å². The molecule has 1 aliphatic heterocycles. The molecule has 1 heterocycles. The Kier molecular flexibility index (Phi) is 15.2. The summed E-state index contributed by atoms with van der Waals surface area (Å²) < 4.78 is 1.29. The number of rotatable bonds is 5. The molecule has 6 heteroatoms. The number of allylic oxidation sites excluding steroid dienone is 1. The molecular weight excluding hydrogens is 783 g/mol. The van der Waals surface area contributed by atoms with Crippen molar-refractivity contribution in [3.8, 4) is 0 Å². The number of benzene rings is 3. The molecule has 0 radical (unpaired) electrons. The molecule has 4 fully saturated rings. The Morgan fingerprint density at radius 3 is 1.56 bits per heavy atom. The molecule has 52 heavy (non-hydrogen) atoms. The van der Waals surface area contributed by atoms with Crippen LogP contribution < -0.4 is 4.90 Å². The normalized spacial score (nSPS) is 20.4. The molecule has 0 amide bonds. The van der Waals surface area contributed by atoms with Gasteiger partial charge < -0.3 is 4.90 Å². The molecule has 3 aromatic rings. The van der Waals surface area contributed by atoms with Crippen molar-refractivity contribution in [1.82, 2.24) is 4.90 Å². The number of aryl methyl sites for hydroxylation is 3. The monoisotopic (exact) mass is 846 g/mol. The molecular formula is C46H63Cl2N2PRu. The van der Waals surface area contributed by atoms with Gasteiger partial charge in [-0.2, -0.15) is 0 Å². The Bertz CT molecular complexity index is 1670. The molecule has 0 atom stereocenters. The summed E-state index contributed by atoms with van der Waals surface area (Å²) in [4.78, 5) is 5.74. The van der Waals surface area contributed by atoms with Gasteiger partial charge in [0.15, 0.2) is 0 Å². The minimum atomic E-state index is -1.33. The van der Waals surface area contributed by atoms with Crippen LogP contribution in [0.25, 0.3) is 5.57 Å². The zero-order chi connectivity index (χ0) is 34.7. The first-order valence-corrected chi connectivity index (χ1v) is 23.0. The predicted octanol–water partition coefficient (Wildman–Crippen LogP) is 12.5. The number of anilines is 1. The molecule has 5 aliphatic rings. The van der Waals surface area contributed by atoms with Gasteiger partial charge in [-0.25, -0.2) is 0 Å². The molecule has 4 aliphatic carbocycles. The van der Waals surface area contributed by atoms with E-state index in [1.54, 1.807) is 5.69 Å². The summed E-state index contributed by atoms with van der Waals surface area (Å²) in [7, 11) is 2.48. The van der Waals surface area contributed by atoms with Crippen LogP contribution in [0.15, 0.2) is 72.8 Å². The van der Waals surface area contributed by atoms with Crippen molar-refractivity contribution in [2.45, 2.75) is 134 Å². The van der Waals surface area contributed by atoms with Crippen LogP contribution in [0.2, 0.25) is 0 Å².